The first kappa shape index (κ1) is 25.7. The normalized spacial score (nSPS) is 12.0. The van der Waals surface area contributed by atoms with Crippen LogP contribution in [-0.2, 0) is 20.7 Å². The first-order valence-electron chi connectivity index (χ1n) is 11.2. The van der Waals surface area contributed by atoms with E-state index in [0.717, 1.165) is 12.1 Å². The van der Waals surface area contributed by atoms with Crippen molar-refractivity contribution in [1.82, 2.24) is 0 Å². The average Bonchev–Trinajstić information content (AvgIpc) is 2.88. The number of phenolic OH excluding ortho intramolecular Hbond substituents is 6. The maximum atomic E-state index is 12.5. The van der Waals surface area contributed by atoms with Crippen molar-refractivity contribution in [3.63, 3.8) is 0 Å². The van der Waals surface area contributed by atoms with Crippen molar-refractivity contribution in [3.05, 3.63) is 77.9 Å². The molecule has 10 heteroatoms. The maximum absolute atomic E-state index is 12.5. The van der Waals surface area contributed by atoms with Crippen molar-refractivity contribution >= 4 is 28.8 Å². The van der Waals surface area contributed by atoms with Gasteiger partial charge in [-0.05, 0) is 76.2 Å². The van der Waals surface area contributed by atoms with Crippen LogP contribution in [0.2, 0.25) is 0 Å². The van der Waals surface area contributed by atoms with Crippen LogP contribution >= 0.6 is 0 Å². The van der Waals surface area contributed by atoms with Crippen molar-refractivity contribution in [2.75, 3.05) is 0 Å². The number of carboxylic acid groups (broad SMARTS) is 1. The van der Waals surface area contributed by atoms with Crippen LogP contribution in [0.4, 0.5) is 0 Å². The molecule has 4 rings (SSSR count). The van der Waals surface area contributed by atoms with Gasteiger partial charge in [-0.25, -0.2) is 9.59 Å². The van der Waals surface area contributed by atoms with E-state index in [2.05, 4.69) is 0 Å². The van der Waals surface area contributed by atoms with Gasteiger partial charge in [0.25, 0.3) is 0 Å². The number of phenols is 6. The Balaban J connectivity index is 1.62. The van der Waals surface area contributed by atoms with Crippen LogP contribution in [0.3, 0.4) is 0 Å². The van der Waals surface area contributed by atoms with Crippen molar-refractivity contribution in [2.45, 2.75) is 12.5 Å². The predicted octanol–water partition coefficient (Wildman–Crippen LogP) is 3.99. The summed E-state index contributed by atoms with van der Waals surface area (Å²) in [5.74, 6) is -4.70. The molecule has 38 heavy (non-hydrogen) atoms. The molecule has 0 saturated carbocycles. The number of carbonyl (C=O) groups is 2. The second-order valence-electron chi connectivity index (χ2n) is 8.42. The summed E-state index contributed by atoms with van der Waals surface area (Å²) in [4.78, 5) is 24.1. The molecule has 194 valence electrons. The Morgan fingerprint density at radius 1 is 0.711 bits per heavy atom. The van der Waals surface area contributed by atoms with E-state index in [1.807, 2.05) is 0 Å². The number of aliphatic carboxylic acids is 1. The molecule has 0 bridgehead atoms. The van der Waals surface area contributed by atoms with E-state index in [4.69, 9.17) is 4.74 Å². The minimum absolute atomic E-state index is 0.264. The zero-order valence-electron chi connectivity index (χ0n) is 19.6. The van der Waals surface area contributed by atoms with Crippen molar-refractivity contribution in [2.24, 2.45) is 0 Å². The number of fused-ring (bicyclic) bond motifs is 1. The molecule has 1 unspecified atom stereocenters. The fourth-order valence-corrected chi connectivity index (χ4v) is 3.87. The monoisotopic (exact) mass is 518 g/mol. The van der Waals surface area contributed by atoms with Gasteiger partial charge < -0.3 is 40.5 Å². The molecule has 0 aromatic heterocycles. The lowest BCUT2D eigenvalue weighted by Crippen LogP contribution is -2.28. The fourth-order valence-electron chi connectivity index (χ4n) is 3.87. The highest BCUT2D eigenvalue weighted by Crippen LogP contribution is 2.39. The third-order valence-electron chi connectivity index (χ3n) is 5.82. The summed E-state index contributed by atoms with van der Waals surface area (Å²) < 4.78 is 5.06. The summed E-state index contributed by atoms with van der Waals surface area (Å²) in [6, 6.07) is 14.0. The Morgan fingerprint density at radius 2 is 1.34 bits per heavy atom. The minimum atomic E-state index is -1.59. The van der Waals surface area contributed by atoms with Crippen LogP contribution in [0.1, 0.15) is 11.1 Å². The molecule has 0 heterocycles. The molecule has 0 spiro atoms. The third kappa shape index (κ3) is 5.39. The Hall–Kier alpha value is -5.38. The molecule has 0 saturated heterocycles. The van der Waals surface area contributed by atoms with Crippen LogP contribution in [-0.4, -0.2) is 53.8 Å². The standard InChI is InChI=1S/C28H22O10/c29-20-6-1-14(9-22(20)31)10-25(28(36)37)38-26(34)8-4-17-13-24(33)27(35)18-5-2-15(11-19(17)18)16-3-7-21(30)23(32)12-16/h1-9,11-13,25,29-33,35H,10H2,(H,36,37). The number of aromatic hydroxyl groups is 6. The lowest BCUT2D eigenvalue weighted by Gasteiger charge is -2.13. The molecule has 10 nitrogen and oxygen atoms in total. The number of hydrogen-bond acceptors (Lipinski definition) is 9. The number of ether oxygens (including phenoxy) is 1. The molecular weight excluding hydrogens is 496 g/mol. The number of esters is 1. The van der Waals surface area contributed by atoms with Gasteiger partial charge in [-0.15, -0.1) is 0 Å². The number of carboxylic acids is 1. The van der Waals surface area contributed by atoms with Crippen LogP contribution in [0, 0.1) is 0 Å². The molecule has 0 aliphatic rings. The molecule has 0 fully saturated rings. The molecule has 4 aromatic rings. The Labute approximate surface area is 215 Å². The van der Waals surface area contributed by atoms with Gasteiger partial charge in [0.05, 0.1) is 0 Å². The van der Waals surface area contributed by atoms with Gasteiger partial charge >= 0.3 is 11.9 Å². The van der Waals surface area contributed by atoms with Crippen molar-refractivity contribution in [1.29, 1.82) is 0 Å². The highest BCUT2D eigenvalue weighted by Gasteiger charge is 2.22. The first-order chi connectivity index (χ1) is 18.0. The second kappa shape index (κ2) is 10.3. The molecule has 1 atom stereocenters. The predicted molar refractivity (Wildman–Crippen MR) is 136 cm³/mol. The minimum Gasteiger partial charge on any atom is -0.504 e. The van der Waals surface area contributed by atoms with Crippen molar-refractivity contribution in [3.8, 4) is 45.6 Å². The van der Waals surface area contributed by atoms with Crippen LogP contribution in [0.5, 0.6) is 34.5 Å². The number of rotatable bonds is 7. The van der Waals surface area contributed by atoms with E-state index in [9.17, 15) is 45.3 Å². The van der Waals surface area contributed by atoms with E-state index in [0.29, 0.717) is 27.6 Å². The van der Waals surface area contributed by atoms with E-state index >= 15 is 0 Å². The second-order valence-corrected chi connectivity index (χ2v) is 8.42. The van der Waals surface area contributed by atoms with E-state index in [-0.39, 0.29) is 34.8 Å². The molecule has 4 aromatic carbocycles. The Morgan fingerprint density at radius 3 is 2.00 bits per heavy atom. The highest BCUT2D eigenvalue weighted by atomic mass is 16.6. The zero-order chi connectivity index (χ0) is 27.6. The molecule has 0 aliphatic heterocycles. The summed E-state index contributed by atoms with van der Waals surface area (Å²) in [7, 11) is 0. The third-order valence-corrected chi connectivity index (χ3v) is 5.82. The van der Waals surface area contributed by atoms with Gasteiger partial charge in [0.2, 0.25) is 6.10 Å². The van der Waals surface area contributed by atoms with Gasteiger partial charge in [0.15, 0.2) is 34.5 Å². The lowest BCUT2D eigenvalue weighted by molar-refractivity contribution is -0.160. The largest absolute Gasteiger partial charge is 0.504 e. The van der Waals surface area contributed by atoms with E-state index in [1.165, 1.54) is 42.5 Å². The smallest absolute Gasteiger partial charge is 0.345 e. The molecule has 0 amide bonds. The topological polar surface area (TPSA) is 185 Å². The molecule has 7 N–H and O–H groups in total. The molecule has 0 radical (unpaired) electrons. The number of carbonyl (C=O) groups excluding carboxylic acids is 1. The van der Waals surface area contributed by atoms with Crippen LogP contribution in [0.25, 0.3) is 28.0 Å². The lowest BCUT2D eigenvalue weighted by atomic mass is 9.96. The Kier molecular flexibility index (Phi) is 6.98. The quantitative estimate of drug-likeness (QED) is 0.107. The van der Waals surface area contributed by atoms with Crippen LogP contribution < -0.4 is 0 Å². The Bertz CT molecular complexity index is 1590. The summed E-state index contributed by atoms with van der Waals surface area (Å²) in [6.07, 6.45) is 0.394. The van der Waals surface area contributed by atoms with Gasteiger partial charge in [0, 0.05) is 17.9 Å². The first-order valence-corrected chi connectivity index (χ1v) is 11.2. The van der Waals surface area contributed by atoms with E-state index < -0.39 is 29.5 Å². The zero-order valence-corrected chi connectivity index (χ0v) is 19.6. The van der Waals surface area contributed by atoms with E-state index in [1.54, 1.807) is 18.2 Å². The van der Waals surface area contributed by atoms with Gasteiger partial charge in [-0.1, -0.05) is 18.2 Å². The van der Waals surface area contributed by atoms with Gasteiger partial charge in [-0.2, -0.15) is 0 Å². The summed E-state index contributed by atoms with van der Waals surface area (Å²) >= 11 is 0. The maximum Gasteiger partial charge on any atom is 0.345 e. The summed E-state index contributed by atoms with van der Waals surface area (Å²) in [5.41, 5.74) is 1.76. The molecular formula is C28H22O10. The average molecular weight is 518 g/mol. The van der Waals surface area contributed by atoms with Crippen LogP contribution in [0.15, 0.2) is 66.7 Å². The van der Waals surface area contributed by atoms with Gasteiger partial charge in [0.1, 0.15) is 0 Å². The number of hydrogen-bond donors (Lipinski definition) is 7. The highest BCUT2D eigenvalue weighted by molar-refractivity contribution is 6.01. The SMILES string of the molecule is O=C(C=Cc1cc(O)c(O)c2ccc(-c3ccc(O)c(O)c3)cc12)OC(Cc1ccc(O)c(O)c1)C(=O)O. The fraction of sp³-hybridized carbons (Fsp3) is 0.0714. The molecule has 0 aliphatic carbocycles. The number of benzene rings is 4. The summed E-state index contributed by atoms with van der Waals surface area (Å²) in [5, 5.41) is 69.1. The van der Waals surface area contributed by atoms with Gasteiger partial charge in [-0.3, -0.25) is 0 Å². The summed E-state index contributed by atoms with van der Waals surface area (Å²) in [6.45, 7) is 0. The van der Waals surface area contributed by atoms with Crippen molar-refractivity contribution < 1.29 is 50.1 Å².